The Morgan fingerprint density at radius 1 is 1.14 bits per heavy atom. The first-order valence-corrected chi connectivity index (χ1v) is 6.34. The molecule has 10 nitrogen and oxygen atoms in total. The summed E-state index contributed by atoms with van der Waals surface area (Å²) in [5.41, 5.74) is 0. The molecule has 0 rings (SSSR count). The summed E-state index contributed by atoms with van der Waals surface area (Å²) in [6, 6.07) is 0. The summed E-state index contributed by atoms with van der Waals surface area (Å²) in [6.45, 7) is 0.741. The standard InChI is InChI=1S/C11H18N2O8/c1-2-3-4-5-6-7-11(14)21-10(8-19-12(15)16)9-20-13(17)18/h3-4,10H,2,5-9H2,1H3/b4-3-. The van der Waals surface area contributed by atoms with Crippen LogP contribution in [-0.2, 0) is 19.2 Å². The molecule has 0 heterocycles. The molecule has 0 unspecified atom stereocenters. The molecule has 0 aromatic rings. The van der Waals surface area contributed by atoms with Gasteiger partial charge in [0.05, 0.1) is 0 Å². The Morgan fingerprint density at radius 2 is 1.71 bits per heavy atom. The third kappa shape index (κ3) is 12.4. The highest BCUT2D eigenvalue weighted by molar-refractivity contribution is 5.69. The number of carbonyl (C=O) groups excluding carboxylic acids is 1. The van der Waals surface area contributed by atoms with E-state index in [0.29, 0.717) is 12.8 Å². The van der Waals surface area contributed by atoms with E-state index in [1.54, 1.807) is 0 Å². The molecule has 0 aromatic carbocycles. The minimum Gasteiger partial charge on any atom is -0.458 e. The van der Waals surface area contributed by atoms with Gasteiger partial charge in [0.1, 0.15) is 19.3 Å². The van der Waals surface area contributed by atoms with Crippen LogP contribution in [0.4, 0.5) is 0 Å². The van der Waals surface area contributed by atoms with Gasteiger partial charge < -0.3 is 14.4 Å². The third-order valence-electron chi connectivity index (χ3n) is 2.18. The van der Waals surface area contributed by atoms with Gasteiger partial charge in [0.15, 0.2) is 0 Å². The van der Waals surface area contributed by atoms with Crippen molar-refractivity contribution in [2.75, 3.05) is 13.2 Å². The van der Waals surface area contributed by atoms with Gasteiger partial charge in [-0.25, -0.2) is 0 Å². The molecule has 0 bridgehead atoms. The smallest absolute Gasteiger partial charge is 0.306 e. The second-order valence-electron chi connectivity index (χ2n) is 3.92. The number of hydrogen-bond acceptors (Lipinski definition) is 8. The molecule has 120 valence electrons. The third-order valence-corrected chi connectivity index (χ3v) is 2.18. The molecule has 0 aromatic heterocycles. The van der Waals surface area contributed by atoms with Gasteiger partial charge in [-0.1, -0.05) is 19.1 Å². The van der Waals surface area contributed by atoms with E-state index in [-0.39, 0.29) is 6.42 Å². The molecule has 0 saturated carbocycles. The van der Waals surface area contributed by atoms with Gasteiger partial charge in [0.25, 0.3) is 10.2 Å². The van der Waals surface area contributed by atoms with Gasteiger partial charge in [-0.15, -0.1) is 20.2 Å². The van der Waals surface area contributed by atoms with E-state index in [0.717, 1.165) is 6.42 Å². The quantitative estimate of drug-likeness (QED) is 0.174. The Kier molecular flexibility index (Phi) is 10.1. The molecule has 0 aliphatic carbocycles. The number of rotatable bonds is 12. The number of allylic oxidation sites excluding steroid dienone is 2. The van der Waals surface area contributed by atoms with Crippen LogP contribution in [-0.4, -0.2) is 35.5 Å². The first-order valence-electron chi connectivity index (χ1n) is 6.34. The molecular weight excluding hydrogens is 288 g/mol. The highest BCUT2D eigenvalue weighted by Crippen LogP contribution is 2.04. The van der Waals surface area contributed by atoms with Crippen LogP contribution in [0.3, 0.4) is 0 Å². The number of unbranched alkanes of at least 4 members (excludes halogenated alkanes) is 1. The molecule has 0 spiro atoms. The Labute approximate surface area is 120 Å². The van der Waals surface area contributed by atoms with Crippen molar-refractivity contribution in [1.29, 1.82) is 0 Å². The number of esters is 1. The van der Waals surface area contributed by atoms with E-state index < -0.39 is 35.5 Å². The maximum absolute atomic E-state index is 11.5. The SMILES string of the molecule is CC/C=C\CCCC(=O)OC(CO[N+](=O)[O-])CO[N+](=O)[O-]. The highest BCUT2D eigenvalue weighted by Gasteiger charge is 2.18. The van der Waals surface area contributed by atoms with Crippen LogP contribution in [0.2, 0.25) is 0 Å². The molecule has 0 saturated heterocycles. The monoisotopic (exact) mass is 306 g/mol. The summed E-state index contributed by atoms with van der Waals surface area (Å²) >= 11 is 0. The van der Waals surface area contributed by atoms with Gasteiger partial charge in [-0.2, -0.15) is 0 Å². The van der Waals surface area contributed by atoms with Crippen molar-refractivity contribution in [3.05, 3.63) is 32.4 Å². The summed E-state index contributed by atoms with van der Waals surface area (Å²) in [6.07, 6.45) is 4.93. The number of hydrogen-bond donors (Lipinski definition) is 0. The minimum atomic E-state index is -1.21. The lowest BCUT2D eigenvalue weighted by atomic mass is 10.2. The molecule has 0 atom stereocenters. The predicted octanol–water partition coefficient (Wildman–Crippen LogP) is 1.45. The first kappa shape index (κ1) is 18.6. The maximum atomic E-state index is 11.5. The zero-order valence-corrected chi connectivity index (χ0v) is 11.6. The average Bonchev–Trinajstić information content (AvgIpc) is 2.41. The molecule has 0 radical (unpaired) electrons. The van der Waals surface area contributed by atoms with Crippen molar-refractivity contribution in [1.82, 2.24) is 0 Å². The average molecular weight is 306 g/mol. The summed E-state index contributed by atoms with van der Waals surface area (Å²) in [4.78, 5) is 39.7. The van der Waals surface area contributed by atoms with Crippen molar-refractivity contribution in [3.8, 4) is 0 Å². The topological polar surface area (TPSA) is 131 Å². The Hall–Kier alpha value is -2.39. The second-order valence-corrected chi connectivity index (χ2v) is 3.92. The molecule has 10 heteroatoms. The largest absolute Gasteiger partial charge is 0.458 e. The van der Waals surface area contributed by atoms with Crippen LogP contribution in [0.25, 0.3) is 0 Å². The first-order chi connectivity index (χ1) is 9.95. The van der Waals surface area contributed by atoms with Crippen molar-refractivity contribution in [3.63, 3.8) is 0 Å². The molecule has 0 aliphatic rings. The highest BCUT2D eigenvalue weighted by atomic mass is 17.0. The summed E-state index contributed by atoms with van der Waals surface area (Å²) in [5.74, 6) is -0.621. The van der Waals surface area contributed by atoms with Crippen LogP contribution in [0.15, 0.2) is 12.2 Å². The van der Waals surface area contributed by atoms with Crippen LogP contribution >= 0.6 is 0 Å². The van der Waals surface area contributed by atoms with Crippen LogP contribution in [0, 0.1) is 20.2 Å². The molecule has 0 amide bonds. The van der Waals surface area contributed by atoms with E-state index in [1.165, 1.54) is 0 Å². The van der Waals surface area contributed by atoms with E-state index in [9.17, 15) is 25.0 Å². The van der Waals surface area contributed by atoms with Crippen molar-refractivity contribution in [2.24, 2.45) is 0 Å². The minimum absolute atomic E-state index is 0.0987. The number of ether oxygens (including phenoxy) is 1. The Bertz CT molecular complexity index is 353. The maximum Gasteiger partial charge on any atom is 0.306 e. The molecule has 0 N–H and O–H groups in total. The Balaban J connectivity index is 4.10. The number of nitrogens with zero attached hydrogens (tertiary/aromatic N) is 2. The predicted molar refractivity (Wildman–Crippen MR) is 69.1 cm³/mol. The van der Waals surface area contributed by atoms with Crippen molar-refractivity contribution in [2.45, 2.75) is 38.7 Å². The molecular formula is C11H18N2O8. The van der Waals surface area contributed by atoms with Gasteiger partial charge in [-0.05, 0) is 19.3 Å². The van der Waals surface area contributed by atoms with Gasteiger partial charge in [-0.3, -0.25) is 4.79 Å². The second kappa shape index (κ2) is 11.4. The fourth-order valence-electron chi connectivity index (χ4n) is 1.30. The van der Waals surface area contributed by atoms with Crippen LogP contribution in [0.5, 0.6) is 0 Å². The number of carbonyl (C=O) groups is 1. The molecule has 0 fully saturated rings. The zero-order valence-electron chi connectivity index (χ0n) is 11.6. The zero-order chi connectivity index (χ0) is 16.1. The fourth-order valence-corrected chi connectivity index (χ4v) is 1.30. The van der Waals surface area contributed by atoms with Gasteiger partial charge in [0, 0.05) is 6.42 Å². The van der Waals surface area contributed by atoms with E-state index in [4.69, 9.17) is 4.74 Å². The van der Waals surface area contributed by atoms with Crippen molar-refractivity contribution >= 4 is 5.97 Å². The van der Waals surface area contributed by atoms with E-state index >= 15 is 0 Å². The van der Waals surface area contributed by atoms with Crippen LogP contribution in [0.1, 0.15) is 32.6 Å². The van der Waals surface area contributed by atoms with Gasteiger partial charge >= 0.3 is 5.97 Å². The fraction of sp³-hybridized carbons (Fsp3) is 0.727. The van der Waals surface area contributed by atoms with E-state index in [2.05, 4.69) is 9.68 Å². The van der Waals surface area contributed by atoms with Crippen molar-refractivity contribution < 1.29 is 29.4 Å². The Morgan fingerprint density at radius 3 is 2.19 bits per heavy atom. The lowest BCUT2D eigenvalue weighted by Gasteiger charge is -2.15. The summed E-state index contributed by atoms with van der Waals surface area (Å²) < 4.78 is 4.84. The lowest BCUT2D eigenvalue weighted by Crippen LogP contribution is -2.30. The summed E-state index contributed by atoms with van der Waals surface area (Å²) in [5, 5.41) is 18.0. The lowest BCUT2D eigenvalue weighted by molar-refractivity contribution is -0.768. The van der Waals surface area contributed by atoms with E-state index in [1.807, 2.05) is 19.1 Å². The molecule has 0 aliphatic heterocycles. The molecule has 21 heavy (non-hydrogen) atoms. The summed E-state index contributed by atoms with van der Waals surface area (Å²) in [7, 11) is 0. The van der Waals surface area contributed by atoms with Gasteiger partial charge in [0.2, 0.25) is 0 Å². The normalized spacial score (nSPS) is 10.6. The van der Waals surface area contributed by atoms with Crippen LogP contribution < -0.4 is 0 Å².